The molecule has 174 valence electrons. The first kappa shape index (κ1) is 23.6. The summed E-state index contributed by atoms with van der Waals surface area (Å²) in [7, 11) is -2.79. The van der Waals surface area contributed by atoms with Crippen molar-refractivity contribution in [2.45, 2.75) is 76.1 Å². The maximum atomic E-state index is 11.1. The van der Waals surface area contributed by atoms with E-state index in [1.807, 2.05) is 36.4 Å². The first-order valence-electron chi connectivity index (χ1n) is 11.2. The van der Waals surface area contributed by atoms with E-state index in [0.717, 1.165) is 10.4 Å². The lowest BCUT2D eigenvalue weighted by molar-refractivity contribution is -0.231. The fraction of sp³-hybridized carbons (Fsp3) is 0.520. The Morgan fingerprint density at radius 2 is 1.44 bits per heavy atom. The van der Waals surface area contributed by atoms with Gasteiger partial charge in [-0.1, -0.05) is 81.4 Å². The van der Waals surface area contributed by atoms with Gasteiger partial charge in [-0.3, -0.25) is 0 Å². The van der Waals surface area contributed by atoms with Gasteiger partial charge in [0.05, 0.1) is 6.61 Å². The van der Waals surface area contributed by atoms with Gasteiger partial charge in [0, 0.05) is 0 Å². The molecule has 0 aromatic heterocycles. The van der Waals surface area contributed by atoms with E-state index in [-0.39, 0.29) is 11.6 Å². The minimum absolute atomic E-state index is 0.0533. The van der Waals surface area contributed by atoms with Crippen LogP contribution in [0.5, 0.6) is 0 Å². The van der Waals surface area contributed by atoms with Crippen LogP contribution < -0.4 is 10.4 Å². The van der Waals surface area contributed by atoms with Crippen LogP contribution in [-0.4, -0.2) is 61.6 Å². The summed E-state index contributed by atoms with van der Waals surface area (Å²) in [5, 5.41) is 23.5. The van der Waals surface area contributed by atoms with E-state index in [1.165, 1.54) is 0 Å². The molecule has 5 atom stereocenters. The number of fused-ring (bicyclic) bond motifs is 1. The summed E-state index contributed by atoms with van der Waals surface area (Å²) in [6.45, 7) is 10.2. The maximum Gasteiger partial charge on any atom is 0.261 e. The first-order valence-corrected chi connectivity index (χ1v) is 13.1. The largest absolute Gasteiger partial charge is 0.405 e. The van der Waals surface area contributed by atoms with Gasteiger partial charge in [0.1, 0.15) is 24.4 Å². The Bertz CT molecular complexity index is 858. The molecular weight excluding hydrogens is 424 g/mol. The number of hydrogen-bond donors (Lipinski definition) is 2. The van der Waals surface area contributed by atoms with Gasteiger partial charge in [-0.05, 0) is 29.3 Å². The SMILES string of the molecule is CC1(C)O[C@H]2[C@@H]([C@H](O)CO[Si](c3ccccc3)(c3ccccc3)C(C)(C)C)OC(O)[C@H]2O1. The molecule has 0 spiro atoms. The van der Waals surface area contributed by atoms with Crippen LogP contribution in [0, 0.1) is 0 Å². The molecule has 4 rings (SSSR count). The number of aliphatic hydroxyl groups is 2. The summed E-state index contributed by atoms with van der Waals surface area (Å²) >= 11 is 0. The van der Waals surface area contributed by atoms with Crippen LogP contribution >= 0.6 is 0 Å². The molecule has 2 aliphatic heterocycles. The summed E-state index contributed by atoms with van der Waals surface area (Å²) < 4.78 is 24.1. The quantitative estimate of drug-likeness (QED) is 0.646. The molecule has 0 radical (unpaired) electrons. The van der Waals surface area contributed by atoms with Gasteiger partial charge in [-0.15, -0.1) is 0 Å². The van der Waals surface area contributed by atoms with E-state index in [9.17, 15) is 10.2 Å². The van der Waals surface area contributed by atoms with Crippen molar-refractivity contribution in [1.29, 1.82) is 0 Å². The van der Waals surface area contributed by atoms with Crippen molar-refractivity contribution < 1.29 is 28.8 Å². The lowest BCUT2D eigenvalue weighted by Gasteiger charge is -2.43. The van der Waals surface area contributed by atoms with E-state index < -0.39 is 44.8 Å². The minimum Gasteiger partial charge on any atom is -0.405 e. The Morgan fingerprint density at radius 3 is 1.94 bits per heavy atom. The summed E-state index contributed by atoms with van der Waals surface area (Å²) in [6, 6.07) is 20.5. The number of benzene rings is 2. The Morgan fingerprint density at radius 1 is 0.938 bits per heavy atom. The third-order valence-corrected chi connectivity index (χ3v) is 11.3. The standard InChI is InChI=1S/C25H34O6Si/c1-24(2,3)32(17-12-8-6-9-13-17,18-14-10-7-11-15-18)28-16-19(26)20-21-22(23(27)29-20)31-25(4,5)30-21/h6-15,19-23,26-27H,16H2,1-5H3/t19-,20-,21+,22+,23?/m1/s1. The van der Waals surface area contributed by atoms with Crippen LogP contribution in [0.1, 0.15) is 34.6 Å². The highest BCUT2D eigenvalue weighted by Crippen LogP contribution is 2.40. The summed E-state index contributed by atoms with van der Waals surface area (Å²) in [5.41, 5.74) is 0. The van der Waals surface area contributed by atoms with Crippen LogP contribution in [0.15, 0.2) is 60.7 Å². The fourth-order valence-electron chi connectivity index (χ4n) is 4.98. The molecule has 6 nitrogen and oxygen atoms in total. The summed E-state index contributed by atoms with van der Waals surface area (Å²) in [6.07, 6.45) is -4.06. The van der Waals surface area contributed by atoms with Crippen molar-refractivity contribution in [3.63, 3.8) is 0 Å². The Hall–Kier alpha value is -1.58. The van der Waals surface area contributed by atoms with Crippen molar-refractivity contribution in [2.75, 3.05) is 6.61 Å². The van der Waals surface area contributed by atoms with E-state index in [4.69, 9.17) is 18.6 Å². The molecule has 2 aliphatic rings. The van der Waals surface area contributed by atoms with Gasteiger partial charge in [0.15, 0.2) is 12.1 Å². The van der Waals surface area contributed by atoms with E-state index in [2.05, 4.69) is 45.0 Å². The van der Waals surface area contributed by atoms with Gasteiger partial charge in [-0.25, -0.2) is 0 Å². The Labute approximate surface area is 191 Å². The maximum absolute atomic E-state index is 11.1. The van der Waals surface area contributed by atoms with Crippen molar-refractivity contribution in [1.82, 2.24) is 0 Å². The predicted molar refractivity (Wildman–Crippen MR) is 124 cm³/mol. The second-order valence-corrected chi connectivity index (χ2v) is 14.4. The molecule has 2 saturated heterocycles. The highest BCUT2D eigenvalue weighted by atomic mass is 28.4. The fourth-order valence-corrected chi connectivity index (χ4v) is 9.56. The lowest BCUT2D eigenvalue weighted by Crippen LogP contribution is -2.67. The van der Waals surface area contributed by atoms with Crippen molar-refractivity contribution >= 4 is 18.7 Å². The van der Waals surface area contributed by atoms with E-state index in [1.54, 1.807) is 13.8 Å². The predicted octanol–water partition coefficient (Wildman–Crippen LogP) is 2.16. The third-order valence-electron chi connectivity index (χ3n) is 6.33. The first-order chi connectivity index (χ1) is 15.1. The molecule has 0 aliphatic carbocycles. The van der Waals surface area contributed by atoms with Crippen molar-refractivity contribution in [2.24, 2.45) is 0 Å². The number of rotatable bonds is 6. The molecule has 2 aromatic carbocycles. The zero-order valence-corrected chi connectivity index (χ0v) is 20.4. The molecule has 2 fully saturated rings. The summed E-state index contributed by atoms with van der Waals surface area (Å²) in [4.78, 5) is 0. The van der Waals surface area contributed by atoms with Crippen molar-refractivity contribution in [3.8, 4) is 0 Å². The van der Waals surface area contributed by atoms with Crippen LogP contribution in [0.4, 0.5) is 0 Å². The van der Waals surface area contributed by atoms with Crippen LogP contribution in [0.3, 0.4) is 0 Å². The zero-order valence-electron chi connectivity index (χ0n) is 19.4. The average Bonchev–Trinajstić information content (AvgIpc) is 3.22. The Kier molecular flexibility index (Phi) is 6.37. The van der Waals surface area contributed by atoms with Crippen molar-refractivity contribution in [3.05, 3.63) is 60.7 Å². The monoisotopic (exact) mass is 458 g/mol. The average molecular weight is 459 g/mol. The van der Waals surface area contributed by atoms with Crippen LogP contribution in [-0.2, 0) is 18.6 Å². The molecular formula is C25H34O6Si. The molecule has 2 N–H and O–H groups in total. The molecule has 2 heterocycles. The number of hydrogen-bond acceptors (Lipinski definition) is 6. The second kappa shape index (κ2) is 8.65. The molecule has 32 heavy (non-hydrogen) atoms. The number of aliphatic hydroxyl groups excluding tert-OH is 2. The normalized spacial score (nSPS) is 28.5. The van der Waals surface area contributed by atoms with Gasteiger partial charge in [0.2, 0.25) is 0 Å². The molecule has 0 saturated carbocycles. The topological polar surface area (TPSA) is 77.4 Å². The highest BCUT2D eigenvalue weighted by molar-refractivity contribution is 6.99. The third kappa shape index (κ3) is 4.19. The van der Waals surface area contributed by atoms with Gasteiger partial charge < -0.3 is 28.8 Å². The smallest absolute Gasteiger partial charge is 0.261 e. The van der Waals surface area contributed by atoms with Gasteiger partial charge >= 0.3 is 0 Å². The van der Waals surface area contributed by atoms with Crippen LogP contribution in [0.2, 0.25) is 5.04 Å². The van der Waals surface area contributed by atoms with Gasteiger partial charge in [-0.2, -0.15) is 0 Å². The van der Waals surface area contributed by atoms with Crippen LogP contribution in [0.25, 0.3) is 0 Å². The lowest BCUT2D eigenvalue weighted by atomic mass is 10.1. The molecule has 0 bridgehead atoms. The number of ether oxygens (including phenoxy) is 3. The molecule has 7 heteroatoms. The highest BCUT2D eigenvalue weighted by Gasteiger charge is 2.57. The molecule has 0 amide bonds. The zero-order chi connectivity index (χ0) is 23.1. The van der Waals surface area contributed by atoms with E-state index in [0.29, 0.717) is 0 Å². The second-order valence-electron chi connectivity index (χ2n) is 10.1. The van der Waals surface area contributed by atoms with E-state index >= 15 is 0 Å². The molecule has 2 aromatic rings. The van der Waals surface area contributed by atoms with Gasteiger partial charge in [0.25, 0.3) is 8.32 Å². The summed E-state index contributed by atoms with van der Waals surface area (Å²) in [5.74, 6) is -0.836. The molecule has 1 unspecified atom stereocenters. The Balaban J connectivity index is 1.64. The minimum atomic E-state index is -2.79.